The average Bonchev–Trinajstić information content (AvgIpc) is 2.84. The molecule has 110 valence electrons. The maximum absolute atomic E-state index is 12.4. The Morgan fingerprint density at radius 2 is 2.30 bits per heavy atom. The fourth-order valence-corrected chi connectivity index (χ4v) is 2.63. The van der Waals surface area contributed by atoms with Crippen molar-refractivity contribution in [3.63, 3.8) is 0 Å². The zero-order chi connectivity index (χ0) is 14.7. The summed E-state index contributed by atoms with van der Waals surface area (Å²) in [6, 6.07) is 5.10. The largest absolute Gasteiger partial charge is 0.507 e. The first kappa shape index (κ1) is 14.7. The first-order valence-corrected chi connectivity index (χ1v) is 6.85. The molecule has 1 heterocycles. The molecule has 1 aliphatic heterocycles. The third-order valence-corrected chi connectivity index (χ3v) is 3.94. The number of rotatable bonds is 4. The van der Waals surface area contributed by atoms with Gasteiger partial charge in [-0.05, 0) is 44.6 Å². The molecule has 20 heavy (non-hydrogen) atoms. The van der Waals surface area contributed by atoms with Gasteiger partial charge in [-0.1, -0.05) is 0 Å². The Kier molecular flexibility index (Phi) is 4.49. The second kappa shape index (κ2) is 6.13. The number of amides is 1. The van der Waals surface area contributed by atoms with E-state index in [1.165, 1.54) is 19.6 Å². The van der Waals surface area contributed by atoms with Crippen molar-refractivity contribution in [1.29, 1.82) is 0 Å². The van der Waals surface area contributed by atoms with Crippen LogP contribution >= 0.6 is 0 Å². The van der Waals surface area contributed by atoms with Gasteiger partial charge in [-0.3, -0.25) is 4.79 Å². The van der Waals surface area contributed by atoms with Gasteiger partial charge < -0.3 is 19.6 Å². The molecule has 1 aromatic carbocycles. The molecule has 1 unspecified atom stereocenters. The van der Waals surface area contributed by atoms with E-state index >= 15 is 0 Å². The molecule has 1 amide bonds. The topological polar surface area (TPSA) is 53.0 Å². The zero-order valence-electron chi connectivity index (χ0n) is 12.3. The normalized spacial score (nSPS) is 19.1. The fourth-order valence-electron chi connectivity index (χ4n) is 2.63. The number of ether oxygens (including phenoxy) is 1. The fraction of sp³-hybridized carbons (Fsp3) is 0.533. The maximum atomic E-state index is 12.4. The van der Waals surface area contributed by atoms with Gasteiger partial charge in [0.15, 0.2) is 0 Å². The predicted molar refractivity (Wildman–Crippen MR) is 77.3 cm³/mol. The Balaban J connectivity index is 2.10. The number of carbonyl (C=O) groups is 1. The summed E-state index contributed by atoms with van der Waals surface area (Å²) in [5.74, 6) is 0.377. The summed E-state index contributed by atoms with van der Waals surface area (Å²) in [6.45, 7) is 1.75. The van der Waals surface area contributed by atoms with E-state index in [4.69, 9.17) is 4.74 Å². The van der Waals surface area contributed by atoms with Crippen LogP contribution in [0.5, 0.6) is 11.5 Å². The van der Waals surface area contributed by atoms with Gasteiger partial charge in [0.25, 0.3) is 5.91 Å². The maximum Gasteiger partial charge on any atom is 0.257 e. The van der Waals surface area contributed by atoms with Crippen LogP contribution in [0.4, 0.5) is 0 Å². The number of phenolic OH excluding ortho intramolecular Hbond substituents is 1. The lowest BCUT2D eigenvalue weighted by molar-refractivity contribution is 0.0758. The van der Waals surface area contributed by atoms with E-state index < -0.39 is 0 Å². The third-order valence-electron chi connectivity index (χ3n) is 3.94. The molecule has 0 aromatic heterocycles. The van der Waals surface area contributed by atoms with E-state index in [1.807, 2.05) is 0 Å². The van der Waals surface area contributed by atoms with Crippen LogP contribution < -0.4 is 4.74 Å². The van der Waals surface area contributed by atoms with Crippen molar-refractivity contribution in [3.8, 4) is 11.5 Å². The highest BCUT2D eigenvalue weighted by Crippen LogP contribution is 2.24. The SMILES string of the molecule is COc1ccc(O)c(C(=O)N(C)CC2CCCN2C)c1. The summed E-state index contributed by atoms with van der Waals surface area (Å²) in [4.78, 5) is 16.4. The van der Waals surface area contributed by atoms with Crippen molar-refractivity contribution in [2.24, 2.45) is 0 Å². The summed E-state index contributed by atoms with van der Waals surface area (Å²) in [6.07, 6.45) is 2.28. The molecule has 0 spiro atoms. The molecule has 2 rings (SSSR count). The minimum absolute atomic E-state index is 0.0116. The molecule has 0 radical (unpaired) electrons. The number of hydrogen-bond acceptors (Lipinski definition) is 4. The van der Waals surface area contributed by atoms with Crippen LogP contribution in [0.25, 0.3) is 0 Å². The molecule has 1 fully saturated rings. The molecule has 5 heteroatoms. The van der Waals surface area contributed by atoms with Gasteiger partial charge >= 0.3 is 0 Å². The van der Waals surface area contributed by atoms with Crippen LogP contribution in [0.2, 0.25) is 0 Å². The summed E-state index contributed by atoms with van der Waals surface area (Å²) in [5, 5.41) is 9.85. The molecule has 0 saturated carbocycles. The molecule has 1 saturated heterocycles. The number of aromatic hydroxyl groups is 1. The molecular weight excluding hydrogens is 256 g/mol. The number of nitrogens with zero attached hydrogens (tertiary/aromatic N) is 2. The van der Waals surface area contributed by atoms with Crippen LogP contribution in [0.1, 0.15) is 23.2 Å². The number of benzene rings is 1. The minimum Gasteiger partial charge on any atom is -0.507 e. The van der Waals surface area contributed by atoms with Crippen LogP contribution in [-0.2, 0) is 0 Å². The molecule has 1 atom stereocenters. The van der Waals surface area contributed by atoms with E-state index in [0.29, 0.717) is 18.3 Å². The lowest BCUT2D eigenvalue weighted by atomic mass is 10.1. The van der Waals surface area contributed by atoms with Crippen LogP contribution in [0.15, 0.2) is 18.2 Å². The Morgan fingerprint density at radius 1 is 1.55 bits per heavy atom. The van der Waals surface area contributed by atoms with Crippen molar-refractivity contribution in [3.05, 3.63) is 23.8 Å². The Morgan fingerprint density at radius 3 is 2.90 bits per heavy atom. The van der Waals surface area contributed by atoms with Gasteiger partial charge in [0.05, 0.1) is 12.7 Å². The lowest BCUT2D eigenvalue weighted by Crippen LogP contribution is -2.39. The Labute approximate surface area is 119 Å². The number of likely N-dealkylation sites (N-methyl/N-ethyl adjacent to an activating group) is 2. The molecule has 5 nitrogen and oxygen atoms in total. The molecule has 1 aliphatic rings. The predicted octanol–water partition coefficient (Wildman–Crippen LogP) is 1.57. The van der Waals surface area contributed by atoms with Crippen molar-refractivity contribution >= 4 is 5.91 Å². The molecular formula is C15H22N2O3. The van der Waals surface area contributed by atoms with Crippen LogP contribution in [0, 0.1) is 0 Å². The number of phenols is 1. The standard InChI is InChI=1S/C15H22N2O3/c1-16-8-4-5-11(16)10-17(2)15(19)13-9-12(20-3)6-7-14(13)18/h6-7,9,11,18H,4-5,8,10H2,1-3H3. The number of hydrogen-bond donors (Lipinski definition) is 1. The van der Waals surface area contributed by atoms with Crippen molar-refractivity contribution in [1.82, 2.24) is 9.80 Å². The summed E-state index contributed by atoms with van der Waals surface area (Å²) in [5.41, 5.74) is 0.285. The second-order valence-electron chi connectivity index (χ2n) is 5.35. The van der Waals surface area contributed by atoms with Gasteiger partial charge in [0, 0.05) is 19.6 Å². The van der Waals surface area contributed by atoms with E-state index in [-0.39, 0.29) is 17.2 Å². The number of likely N-dealkylation sites (tertiary alicyclic amines) is 1. The zero-order valence-corrected chi connectivity index (χ0v) is 12.3. The quantitative estimate of drug-likeness (QED) is 0.908. The lowest BCUT2D eigenvalue weighted by Gasteiger charge is -2.26. The van der Waals surface area contributed by atoms with E-state index in [9.17, 15) is 9.90 Å². The first-order valence-electron chi connectivity index (χ1n) is 6.85. The Hall–Kier alpha value is -1.75. The molecule has 1 N–H and O–H groups in total. The highest BCUT2D eigenvalue weighted by molar-refractivity contribution is 5.97. The minimum atomic E-state index is -0.179. The van der Waals surface area contributed by atoms with Crippen LogP contribution in [0.3, 0.4) is 0 Å². The first-order chi connectivity index (χ1) is 9.52. The van der Waals surface area contributed by atoms with Crippen molar-refractivity contribution in [2.45, 2.75) is 18.9 Å². The molecule has 0 bridgehead atoms. The molecule has 0 aliphatic carbocycles. The summed E-state index contributed by atoms with van der Waals surface area (Å²) >= 11 is 0. The van der Waals surface area contributed by atoms with Gasteiger partial charge in [-0.15, -0.1) is 0 Å². The van der Waals surface area contributed by atoms with E-state index in [2.05, 4.69) is 11.9 Å². The van der Waals surface area contributed by atoms with Crippen molar-refractivity contribution in [2.75, 3.05) is 34.3 Å². The third kappa shape index (κ3) is 3.04. The summed E-state index contributed by atoms with van der Waals surface area (Å²) in [7, 11) is 5.39. The van der Waals surface area contributed by atoms with Gasteiger partial charge in [0.1, 0.15) is 11.5 Å². The smallest absolute Gasteiger partial charge is 0.257 e. The van der Waals surface area contributed by atoms with Gasteiger partial charge in [0.2, 0.25) is 0 Å². The van der Waals surface area contributed by atoms with E-state index in [1.54, 1.807) is 24.1 Å². The average molecular weight is 278 g/mol. The van der Waals surface area contributed by atoms with Crippen LogP contribution in [-0.4, -0.2) is 61.2 Å². The number of carbonyl (C=O) groups excluding carboxylic acids is 1. The second-order valence-corrected chi connectivity index (χ2v) is 5.35. The monoisotopic (exact) mass is 278 g/mol. The highest BCUT2D eigenvalue weighted by Gasteiger charge is 2.25. The van der Waals surface area contributed by atoms with Crippen molar-refractivity contribution < 1.29 is 14.6 Å². The Bertz CT molecular complexity index is 490. The van der Waals surface area contributed by atoms with E-state index in [0.717, 1.165) is 13.0 Å². The summed E-state index contributed by atoms with van der Waals surface area (Å²) < 4.78 is 5.10. The molecule has 1 aromatic rings. The van der Waals surface area contributed by atoms with Gasteiger partial charge in [-0.25, -0.2) is 0 Å². The highest BCUT2D eigenvalue weighted by atomic mass is 16.5. The van der Waals surface area contributed by atoms with Gasteiger partial charge in [-0.2, -0.15) is 0 Å². The number of methoxy groups -OCH3 is 1.